The van der Waals surface area contributed by atoms with Crippen LogP contribution in [0.25, 0.3) is 5.76 Å². The fraction of sp³-hybridized carbons (Fsp3) is 0.462. The molecule has 1 amide bonds. The molecule has 1 atom stereocenters. The topological polar surface area (TPSA) is 80.0 Å². The number of furan rings is 1. The van der Waals surface area contributed by atoms with Gasteiger partial charge in [0.2, 0.25) is 0 Å². The first kappa shape index (κ1) is 22.2. The number of amides is 1. The predicted octanol–water partition coefficient (Wildman–Crippen LogP) is 5.38. The summed E-state index contributed by atoms with van der Waals surface area (Å²) >= 11 is 0. The van der Waals surface area contributed by atoms with Crippen LogP contribution in [0.2, 0.25) is 0 Å². The highest BCUT2D eigenvalue weighted by molar-refractivity contribution is 6.46. The number of hydrogen-bond acceptors (Lipinski definition) is 5. The van der Waals surface area contributed by atoms with Gasteiger partial charge in [-0.05, 0) is 61.6 Å². The van der Waals surface area contributed by atoms with Gasteiger partial charge >= 0.3 is 0 Å². The van der Waals surface area contributed by atoms with Crippen LogP contribution < -0.4 is 4.74 Å². The number of aliphatic hydroxyl groups excluding tert-OH is 1. The van der Waals surface area contributed by atoms with Gasteiger partial charge in [0.15, 0.2) is 0 Å². The number of nitrogens with zero attached hydrogens (tertiary/aromatic N) is 1. The van der Waals surface area contributed by atoms with E-state index in [-0.39, 0.29) is 17.4 Å². The summed E-state index contributed by atoms with van der Waals surface area (Å²) in [6.07, 6.45) is 6.42. The van der Waals surface area contributed by atoms with Crippen LogP contribution in [0.3, 0.4) is 0 Å². The monoisotopic (exact) mass is 437 g/mol. The SMILES string of the molecule is Cc1cc(/C(O)=C2/C(=O)C(=O)N(C3CCCCC3)C2c2ccco2)ccc1OCC(C)C. The zero-order valence-corrected chi connectivity index (χ0v) is 19.0. The molecule has 1 aromatic carbocycles. The molecule has 1 unspecified atom stereocenters. The van der Waals surface area contributed by atoms with Gasteiger partial charge < -0.3 is 19.2 Å². The van der Waals surface area contributed by atoms with Gasteiger partial charge in [0, 0.05) is 11.6 Å². The van der Waals surface area contributed by atoms with Crippen molar-refractivity contribution < 1.29 is 23.8 Å². The van der Waals surface area contributed by atoms with Crippen LogP contribution in [0, 0.1) is 12.8 Å². The molecule has 2 aromatic rings. The molecular weight excluding hydrogens is 406 g/mol. The Kier molecular flexibility index (Phi) is 6.40. The molecule has 2 aliphatic rings. The zero-order valence-electron chi connectivity index (χ0n) is 19.0. The average molecular weight is 438 g/mol. The van der Waals surface area contributed by atoms with E-state index in [0.717, 1.165) is 43.4 Å². The maximum Gasteiger partial charge on any atom is 0.296 e. The molecule has 1 aliphatic carbocycles. The minimum Gasteiger partial charge on any atom is -0.507 e. The molecule has 0 bridgehead atoms. The smallest absolute Gasteiger partial charge is 0.296 e. The molecule has 1 saturated heterocycles. The highest BCUT2D eigenvalue weighted by atomic mass is 16.5. The summed E-state index contributed by atoms with van der Waals surface area (Å²) in [6, 6.07) is 8.06. The number of ether oxygens (including phenoxy) is 1. The average Bonchev–Trinajstić information content (AvgIpc) is 3.40. The molecule has 2 heterocycles. The molecule has 0 radical (unpaired) electrons. The van der Waals surface area contributed by atoms with Gasteiger partial charge in [0.05, 0.1) is 18.4 Å². The van der Waals surface area contributed by atoms with E-state index in [1.807, 2.05) is 6.92 Å². The van der Waals surface area contributed by atoms with Gasteiger partial charge in [-0.1, -0.05) is 33.1 Å². The van der Waals surface area contributed by atoms with E-state index in [2.05, 4.69) is 13.8 Å². The van der Waals surface area contributed by atoms with Crippen molar-refractivity contribution in [2.75, 3.05) is 6.61 Å². The maximum atomic E-state index is 13.1. The number of Topliss-reactive ketones (excluding diaryl/α,β-unsaturated/α-hetero) is 1. The standard InChI is InChI=1S/C26H31NO5/c1-16(2)15-32-20-12-11-18(14-17(20)3)24(28)22-23(21-10-7-13-31-21)27(26(30)25(22)29)19-8-5-4-6-9-19/h7,10-14,16,19,23,28H,4-6,8-9,15H2,1-3H3/b24-22-. The molecule has 1 N–H and O–H groups in total. The van der Waals surface area contributed by atoms with E-state index in [1.54, 1.807) is 35.2 Å². The Balaban J connectivity index is 1.75. The van der Waals surface area contributed by atoms with Crippen LogP contribution >= 0.6 is 0 Å². The first-order valence-corrected chi connectivity index (χ1v) is 11.5. The van der Waals surface area contributed by atoms with E-state index in [9.17, 15) is 14.7 Å². The fourth-order valence-corrected chi connectivity index (χ4v) is 4.68. The number of benzene rings is 1. The molecule has 2 fully saturated rings. The Morgan fingerprint density at radius 3 is 2.56 bits per heavy atom. The Bertz CT molecular complexity index is 1010. The van der Waals surface area contributed by atoms with Crippen molar-refractivity contribution in [2.45, 2.75) is 65.0 Å². The zero-order chi connectivity index (χ0) is 22.8. The third-order valence-corrected chi connectivity index (χ3v) is 6.28. The summed E-state index contributed by atoms with van der Waals surface area (Å²) in [6.45, 7) is 6.65. The lowest BCUT2D eigenvalue weighted by Crippen LogP contribution is -2.40. The maximum absolute atomic E-state index is 13.1. The van der Waals surface area contributed by atoms with Crippen molar-refractivity contribution in [1.29, 1.82) is 0 Å². The number of aliphatic hydroxyl groups is 1. The summed E-state index contributed by atoms with van der Waals surface area (Å²) in [7, 11) is 0. The molecule has 170 valence electrons. The Morgan fingerprint density at radius 1 is 1.19 bits per heavy atom. The van der Waals surface area contributed by atoms with Crippen LogP contribution in [0.5, 0.6) is 5.75 Å². The molecule has 1 saturated carbocycles. The minimum absolute atomic E-state index is 0.0332. The molecule has 6 nitrogen and oxygen atoms in total. The molecule has 0 spiro atoms. The first-order valence-electron chi connectivity index (χ1n) is 11.5. The quantitative estimate of drug-likeness (QED) is 0.373. The largest absolute Gasteiger partial charge is 0.507 e. The number of carbonyl (C=O) groups is 2. The van der Waals surface area contributed by atoms with Crippen LogP contribution in [0.15, 0.2) is 46.6 Å². The summed E-state index contributed by atoms with van der Waals surface area (Å²) in [5.74, 6) is 0.222. The Labute approximate surface area is 188 Å². The Hall–Kier alpha value is -3.02. The number of carbonyl (C=O) groups excluding carboxylic acids is 2. The van der Waals surface area contributed by atoms with Crippen molar-refractivity contribution >= 4 is 17.4 Å². The molecule has 1 aromatic heterocycles. The van der Waals surface area contributed by atoms with Gasteiger partial charge in [-0.2, -0.15) is 0 Å². The number of likely N-dealkylation sites (tertiary alicyclic amines) is 1. The van der Waals surface area contributed by atoms with E-state index in [4.69, 9.17) is 9.15 Å². The second-order valence-corrected chi connectivity index (χ2v) is 9.20. The third-order valence-electron chi connectivity index (χ3n) is 6.28. The lowest BCUT2D eigenvalue weighted by atomic mass is 9.92. The fourth-order valence-electron chi connectivity index (χ4n) is 4.68. The van der Waals surface area contributed by atoms with E-state index in [0.29, 0.717) is 23.8 Å². The van der Waals surface area contributed by atoms with Crippen molar-refractivity contribution in [1.82, 2.24) is 4.90 Å². The lowest BCUT2D eigenvalue weighted by Gasteiger charge is -2.34. The van der Waals surface area contributed by atoms with E-state index < -0.39 is 17.7 Å². The summed E-state index contributed by atoms with van der Waals surface area (Å²) in [5, 5.41) is 11.2. The Morgan fingerprint density at radius 2 is 1.94 bits per heavy atom. The van der Waals surface area contributed by atoms with E-state index in [1.165, 1.54) is 6.26 Å². The number of aryl methyl sites for hydroxylation is 1. The van der Waals surface area contributed by atoms with Gasteiger partial charge in [-0.25, -0.2) is 0 Å². The molecule has 4 rings (SSSR count). The molecule has 6 heteroatoms. The summed E-state index contributed by atoms with van der Waals surface area (Å²) in [4.78, 5) is 27.9. The predicted molar refractivity (Wildman–Crippen MR) is 121 cm³/mol. The van der Waals surface area contributed by atoms with Gasteiger partial charge in [0.25, 0.3) is 11.7 Å². The number of ketones is 1. The second-order valence-electron chi connectivity index (χ2n) is 9.20. The molecule has 32 heavy (non-hydrogen) atoms. The second kappa shape index (κ2) is 9.23. The van der Waals surface area contributed by atoms with Crippen LogP contribution in [0.1, 0.15) is 68.9 Å². The van der Waals surface area contributed by atoms with Crippen molar-refractivity contribution in [3.05, 3.63) is 59.1 Å². The minimum atomic E-state index is -0.717. The van der Waals surface area contributed by atoms with Crippen LogP contribution in [0.4, 0.5) is 0 Å². The highest BCUT2D eigenvalue weighted by Crippen LogP contribution is 2.43. The van der Waals surface area contributed by atoms with Crippen molar-refractivity contribution in [3.63, 3.8) is 0 Å². The lowest BCUT2D eigenvalue weighted by molar-refractivity contribution is -0.142. The van der Waals surface area contributed by atoms with E-state index >= 15 is 0 Å². The first-order chi connectivity index (χ1) is 15.4. The van der Waals surface area contributed by atoms with Gasteiger partial charge in [0.1, 0.15) is 23.3 Å². The van der Waals surface area contributed by atoms with Gasteiger partial charge in [-0.15, -0.1) is 0 Å². The molecular formula is C26H31NO5. The highest BCUT2D eigenvalue weighted by Gasteiger charge is 2.50. The summed E-state index contributed by atoms with van der Waals surface area (Å²) in [5.41, 5.74) is 1.43. The number of rotatable bonds is 6. The molecule has 1 aliphatic heterocycles. The van der Waals surface area contributed by atoms with Crippen molar-refractivity contribution in [2.24, 2.45) is 5.92 Å². The van der Waals surface area contributed by atoms with Crippen LogP contribution in [-0.2, 0) is 9.59 Å². The van der Waals surface area contributed by atoms with Crippen molar-refractivity contribution in [3.8, 4) is 5.75 Å². The van der Waals surface area contributed by atoms with Gasteiger partial charge in [-0.3, -0.25) is 9.59 Å². The third kappa shape index (κ3) is 4.18. The van der Waals surface area contributed by atoms with Crippen LogP contribution in [-0.4, -0.2) is 34.3 Å². The number of hydrogen-bond donors (Lipinski definition) is 1. The summed E-state index contributed by atoms with van der Waals surface area (Å²) < 4.78 is 11.5. The normalized spacial score (nSPS) is 21.5.